The third kappa shape index (κ3) is 1.49. The van der Waals surface area contributed by atoms with Gasteiger partial charge < -0.3 is 15.0 Å². The minimum absolute atomic E-state index is 0.561. The van der Waals surface area contributed by atoms with Crippen LogP contribution in [0.3, 0.4) is 0 Å². The monoisotopic (exact) mass is 204 g/mol. The molecule has 0 aliphatic rings. The van der Waals surface area contributed by atoms with Gasteiger partial charge in [0.2, 0.25) is 0 Å². The maximum absolute atomic E-state index is 5.72. The summed E-state index contributed by atoms with van der Waals surface area (Å²) in [4.78, 5) is 0. The first kappa shape index (κ1) is 10.1. The minimum Gasteiger partial charge on any atom is -0.495 e. The van der Waals surface area contributed by atoms with Crippen LogP contribution in [0.15, 0.2) is 24.3 Å². The third-order valence-corrected chi connectivity index (χ3v) is 2.71. The molecule has 0 unspecified atom stereocenters. The number of methoxy groups -OCH3 is 1. The van der Waals surface area contributed by atoms with Crippen molar-refractivity contribution >= 4 is 10.9 Å². The number of hydrogen-bond acceptors (Lipinski definition) is 2. The number of rotatable bonds is 3. The van der Waals surface area contributed by atoms with Gasteiger partial charge in [-0.2, -0.15) is 0 Å². The van der Waals surface area contributed by atoms with Crippen molar-refractivity contribution in [3.63, 3.8) is 0 Å². The fourth-order valence-corrected chi connectivity index (χ4v) is 2.04. The van der Waals surface area contributed by atoms with E-state index in [1.807, 2.05) is 12.1 Å². The molecule has 2 N–H and O–H groups in total. The number of fused-ring (bicyclic) bond motifs is 1. The van der Waals surface area contributed by atoms with E-state index in [-0.39, 0.29) is 0 Å². The average Bonchev–Trinajstić information content (AvgIpc) is 2.66. The van der Waals surface area contributed by atoms with E-state index < -0.39 is 0 Å². The molecule has 0 saturated carbocycles. The molecule has 0 fully saturated rings. The van der Waals surface area contributed by atoms with Crippen molar-refractivity contribution < 1.29 is 4.74 Å². The standard InChI is InChI=1S/C12H16N2O/c1-3-14-10(8-13)7-9-5-4-6-11(15-2)12(9)14/h4-7H,3,8,13H2,1-2H3. The molecular weight excluding hydrogens is 188 g/mol. The van der Waals surface area contributed by atoms with Crippen LogP contribution in [-0.2, 0) is 13.1 Å². The maximum Gasteiger partial charge on any atom is 0.143 e. The summed E-state index contributed by atoms with van der Waals surface area (Å²) in [6, 6.07) is 8.20. The first-order valence-corrected chi connectivity index (χ1v) is 5.17. The van der Waals surface area contributed by atoms with Crippen molar-refractivity contribution in [1.82, 2.24) is 4.57 Å². The van der Waals surface area contributed by atoms with Gasteiger partial charge in [0.05, 0.1) is 12.6 Å². The molecule has 0 radical (unpaired) electrons. The van der Waals surface area contributed by atoms with E-state index in [4.69, 9.17) is 10.5 Å². The van der Waals surface area contributed by atoms with E-state index in [2.05, 4.69) is 23.6 Å². The van der Waals surface area contributed by atoms with Crippen LogP contribution in [0, 0.1) is 0 Å². The molecule has 0 aliphatic carbocycles. The van der Waals surface area contributed by atoms with Crippen LogP contribution < -0.4 is 10.5 Å². The van der Waals surface area contributed by atoms with Crippen LogP contribution in [0.25, 0.3) is 10.9 Å². The highest BCUT2D eigenvalue weighted by molar-refractivity contribution is 5.87. The largest absolute Gasteiger partial charge is 0.495 e. The molecule has 0 spiro atoms. The number of para-hydroxylation sites is 1. The number of nitrogens with two attached hydrogens (primary N) is 1. The Kier molecular flexibility index (Phi) is 2.64. The van der Waals surface area contributed by atoms with Crippen molar-refractivity contribution in [3.8, 4) is 5.75 Å². The predicted octanol–water partition coefficient (Wildman–Crippen LogP) is 2.13. The van der Waals surface area contributed by atoms with E-state index in [9.17, 15) is 0 Å². The van der Waals surface area contributed by atoms with Crippen molar-refractivity contribution in [1.29, 1.82) is 0 Å². The molecule has 0 bridgehead atoms. The lowest BCUT2D eigenvalue weighted by molar-refractivity contribution is 0.417. The van der Waals surface area contributed by atoms with Crippen molar-refractivity contribution in [2.24, 2.45) is 5.73 Å². The van der Waals surface area contributed by atoms with E-state index in [0.717, 1.165) is 23.5 Å². The summed E-state index contributed by atoms with van der Waals surface area (Å²) in [5.74, 6) is 0.911. The van der Waals surface area contributed by atoms with E-state index in [1.165, 1.54) is 5.39 Å². The zero-order valence-electron chi connectivity index (χ0n) is 9.16. The summed E-state index contributed by atoms with van der Waals surface area (Å²) in [6.07, 6.45) is 0. The number of hydrogen-bond donors (Lipinski definition) is 1. The van der Waals surface area contributed by atoms with Gasteiger partial charge in [-0.05, 0) is 19.1 Å². The Morgan fingerprint density at radius 1 is 1.40 bits per heavy atom. The average molecular weight is 204 g/mol. The molecule has 80 valence electrons. The Hall–Kier alpha value is -1.48. The first-order valence-electron chi connectivity index (χ1n) is 5.17. The van der Waals surface area contributed by atoms with Crippen LogP contribution in [0.4, 0.5) is 0 Å². The third-order valence-electron chi connectivity index (χ3n) is 2.71. The lowest BCUT2D eigenvalue weighted by Crippen LogP contribution is -2.06. The van der Waals surface area contributed by atoms with Crippen molar-refractivity contribution in [2.45, 2.75) is 20.0 Å². The second-order valence-corrected chi connectivity index (χ2v) is 3.48. The molecule has 0 atom stereocenters. The molecule has 1 aromatic carbocycles. The molecule has 1 aromatic heterocycles. The quantitative estimate of drug-likeness (QED) is 0.832. The Bertz CT molecular complexity index is 474. The first-order chi connectivity index (χ1) is 7.31. The number of aryl methyl sites for hydroxylation is 1. The molecule has 0 amide bonds. The van der Waals surface area contributed by atoms with E-state index in [1.54, 1.807) is 7.11 Å². The summed E-state index contributed by atoms with van der Waals surface area (Å²) in [5, 5.41) is 1.19. The Balaban J connectivity index is 2.78. The molecule has 2 aromatic rings. The fraction of sp³-hybridized carbons (Fsp3) is 0.333. The predicted molar refractivity (Wildman–Crippen MR) is 62.1 cm³/mol. The van der Waals surface area contributed by atoms with Gasteiger partial charge in [0.1, 0.15) is 5.75 Å². The summed E-state index contributed by atoms with van der Waals surface area (Å²) in [7, 11) is 1.70. The number of benzene rings is 1. The Labute approximate surface area is 89.4 Å². The number of aromatic nitrogens is 1. The smallest absolute Gasteiger partial charge is 0.143 e. The minimum atomic E-state index is 0.561. The highest BCUT2D eigenvalue weighted by atomic mass is 16.5. The summed E-state index contributed by atoms with van der Waals surface area (Å²) < 4.78 is 7.57. The van der Waals surface area contributed by atoms with Gasteiger partial charge in [-0.25, -0.2) is 0 Å². The van der Waals surface area contributed by atoms with Crippen molar-refractivity contribution in [2.75, 3.05) is 7.11 Å². The van der Waals surface area contributed by atoms with Gasteiger partial charge in [-0.1, -0.05) is 12.1 Å². The van der Waals surface area contributed by atoms with Crippen molar-refractivity contribution in [3.05, 3.63) is 30.0 Å². The summed E-state index contributed by atoms with van der Waals surface area (Å²) in [6.45, 7) is 3.59. The molecule has 2 rings (SSSR count). The molecular formula is C12H16N2O. The van der Waals surface area contributed by atoms with Gasteiger partial charge in [0.15, 0.2) is 0 Å². The van der Waals surface area contributed by atoms with Crippen LogP contribution in [0.5, 0.6) is 5.75 Å². The zero-order valence-corrected chi connectivity index (χ0v) is 9.16. The normalized spacial score (nSPS) is 10.9. The molecule has 1 heterocycles. The summed E-state index contributed by atoms with van der Waals surface area (Å²) in [5.41, 5.74) is 8.01. The van der Waals surface area contributed by atoms with Gasteiger partial charge >= 0.3 is 0 Å². The summed E-state index contributed by atoms with van der Waals surface area (Å²) >= 11 is 0. The Morgan fingerprint density at radius 3 is 2.80 bits per heavy atom. The second-order valence-electron chi connectivity index (χ2n) is 3.48. The lowest BCUT2D eigenvalue weighted by atomic mass is 10.2. The van der Waals surface area contributed by atoms with Crippen LogP contribution in [0.2, 0.25) is 0 Å². The molecule has 0 saturated heterocycles. The molecule has 3 nitrogen and oxygen atoms in total. The van der Waals surface area contributed by atoms with Gasteiger partial charge in [-0.15, -0.1) is 0 Å². The van der Waals surface area contributed by atoms with Gasteiger partial charge in [0.25, 0.3) is 0 Å². The van der Waals surface area contributed by atoms with E-state index >= 15 is 0 Å². The fourth-order valence-electron chi connectivity index (χ4n) is 2.04. The second kappa shape index (κ2) is 3.95. The maximum atomic E-state index is 5.72. The lowest BCUT2D eigenvalue weighted by Gasteiger charge is -2.08. The molecule has 15 heavy (non-hydrogen) atoms. The topological polar surface area (TPSA) is 40.2 Å². The van der Waals surface area contributed by atoms with Gasteiger partial charge in [0, 0.05) is 24.2 Å². The van der Waals surface area contributed by atoms with Gasteiger partial charge in [-0.3, -0.25) is 0 Å². The number of ether oxygens (including phenoxy) is 1. The SMILES string of the molecule is CCn1c(CN)cc2cccc(OC)c21. The van der Waals surface area contributed by atoms with Crippen LogP contribution in [-0.4, -0.2) is 11.7 Å². The highest BCUT2D eigenvalue weighted by Gasteiger charge is 2.10. The zero-order chi connectivity index (χ0) is 10.8. The molecule has 3 heteroatoms. The van der Waals surface area contributed by atoms with Crippen LogP contribution in [0.1, 0.15) is 12.6 Å². The highest BCUT2D eigenvalue weighted by Crippen LogP contribution is 2.28. The Morgan fingerprint density at radius 2 is 2.20 bits per heavy atom. The number of nitrogens with zero attached hydrogens (tertiary/aromatic N) is 1. The molecule has 0 aliphatic heterocycles. The van der Waals surface area contributed by atoms with Crippen LogP contribution >= 0.6 is 0 Å². The van der Waals surface area contributed by atoms with E-state index in [0.29, 0.717) is 6.54 Å².